The summed E-state index contributed by atoms with van der Waals surface area (Å²) in [6.07, 6.45) is 7.11. The van der Waals surface area contributed by atoms with Crippen molar-refractivity contribution in [1.29, 1.82) is 0 Å². The largest absolute Gasteiger partial charge is 0.250 e. The van der Waals surface area contributed by atoms with Gasteiger partial charge in [-0.3, -0.25) is 0 Å². The van der Waals surface area contributed by atoms with Crippen LogP contribution in [0.2, 0.25) is 0 Å². The highest BCUT2D eigenvalue weighted by molar-refractivity contribution is 9.11. The van der Waals surface area contributed by atoms with Crippen molar-refractivity contribution < 1.29 is 8.42 Å². The second-order valence-corrected chi connectivity index (χ2v) is 11.6. The van der Waals surface area contributed by atoms with Gasteiger partial charge < -0.3 is 0 Å². The molecule has 5 rings (SSSR count). The zero-order valence-electron chi connectivity index (χ0n) is 12.1. The van der Waals surface area contributed by atoms with Crippen molar-refractivity contribution in [1.82, 2.24) is 4.72 Å². The lowest BCUT2D eigenvalue weighted by Crippen LogP contribution is -2.59. The molecule has 0 aromatic carbocycles. The lowest BCUT2D eigenvalue weighted by atomic mass is 9.53. The van der Waals surface area contributed by atoms with Gasteiger partial charge in [-0.1, -0.05) is 0 Å². The standard InChI is InChI=1S/C15H20BrNO2S2/c1-9-2-13(20-14(9)16)21(18,19)17-15-6-10-3-11(7-15)5-12(4-10)8-15/h2,10-12,17H,3-8H2,1H3. The fourth-order valence-electron chi connectivity index (χ4n) is 5.14. The molecule has 116 valence electrons. The SMILES string of the molecule is Cc1cc(S(=O)(=O)NC23CC4CC(CC(C4)C2)C3)sc1Br. The van der Waals surface area contributed by atoms with Gasteiger partial charge in [-0.2, -0.15) is 0 Å². The lowest BCUT2D eigenvalue weighted by Gasteiger charge is -2.56. The third-order valence-electron chi connectivity index (χ3n) is 5.49. The molecule has 0 saturated heterocycles. The number of halogens is 1. The molecule has 1 aromatic rings. The van der Waals surface area contributed by atoms with E-state index in [0.717, 1.165) is 46.4 Å². The van der Waals surface area contributed by atoms with E-state index in [2.05, 4.69) is 20.7 Å². The van der Waals surface area contributed by atoms with E-state index in [1.807, 2.05) is 6.92 Å². The van der Waals surface area contributed by atoms with Gasteiger partial charge in [-0.15, -0.1) is 11.3 Å². The Hall–Kier alpha value is 0.0900. The van der Waals surface area contributed by atoms with E-state index in [1.54, 1.807) is 6.07 Å². The predicted octanol–water partition coefficient (Wildman–Crippen LogP) is 4.07. The van der Waals surface area contributed by atoms with Crippen molar-refractivity contribution in [2.75, 3.05) is 0 Å². The number of sulfonamides is 1. The molecule has 0 radical (unpaired) electrons. The van der Waals surface area contributed by atoms with Crippen LogP contribution in [0.5, 0.6) is 0 Å². The first-order chi connectivity index (χ1) is 9.85. The number of thiophene rings is 1. The highest BCUT2D eigenvalue weighted by Gasteiger charge is 2.52. The molecule has 1 aromatic heterocycles. The predicted molar refractivity (Wildman–Crippen MR) is 88.0 cm³/mol. The molecule has 0 unspecified atom stereocenters. The Morgan fingerprint density at radius 2 is 1.71 bits per heavy atom. The van der Waals surface area contributed by atoms with Gasteiger partial charge in [0, 0.05) is 5.54 Å². The molecule has 4 aliphatic carbocycles. The number of hydrogen-bond acceptors (Lipinski definition) is 3. The maximum atomic E-state index is 12.8. The van der Waals surface area contributed by atoms with E-state index in [-0.39, 0.29) is 5.54 Å². The molecule has 0 atom stereocenters. The first kappa shape index (κ1) is 14.7. The van der Waals surface area contributed by atoms with Gasteiger partial charge in [-0.05, 0) is 90.8 Å². The summed E-state index contributed by atoms with van der Waals surface area (Å²) in [7, 11) is -3.39. The second-order valence-electron chi connectivity index (χ2n) is 7.33. The number of rotatable bonds is 3. The minimum atomic E-state index is -3.39. The van der Waals surface area contributed by atoms with Crippen LogP contribution in [0, 0.1) is 24.7 Å². The molecule has 4 saturated carbocycles. The van der Waals surface area contributed by atoms with Gasteiger partial charge in [0.15, 0.2) is 0 Å². The molecule has 21 heavy (non-hydrogen) atoms. The van der Waals surface area contributed by atoms with E-state index in [9.17, 15) is 8.42 Å². The normalized spacial score (nSPS) is 38.1. The monoisotopic (exact) mass is 389 g/mol. The minimum Gasteiger partial charge on any atom is -0.206 e. The second kappa shape index (κ2) is 4.79. The first-order valence-electron chi connectivity index (χ1n) is 7.65. The van der Waals surface area contributed by atoms with Crippen molar-refractivity contribution >= 4 is 37.3 Å². The van der Waals surface area contributed by atoms with Crippen LogP contribution in [0.4, 0.5) is 0 Å². The Kier molecular flexibility index (Phi) is 3.35. The summed E-state index contributed by atoms with van der Waals surface area (Å²) in [5.41, 5.74) is 0.837. The van der Waals surface area contributed by atoms with E-state index in [4.69, 9.17) is 0 Å². The summed E-state index contributed by atoms with van der Waals surface area (Å²) < 4.78 is 30.0. The molecule has 1 heterocycles. The first-order valence-corrected chi connectivity index (χ1v) is 10.7. The molecule has 1 N–H and O–H groups in total. The van der Waals surface area contributed by atoms with Crippen LogP contribution in [-0.4, -0.2) is 14.0 Å². The summed E-state index contributed by atoms with van der Waals surface area (Å²) in [6, 6.07) is 1.78. The van der Waals surface area contributed by atoms with Crippen LogP contribution in [0.1, 0.15) is 44.1 Å². The summed E-state index contributed by atoms with van der Waals surface area (Å²) in [5.74, 6) is 2.24. The molecule has 6 heteroatoms. The van der Waals surface area contributed by atoms with E-state index >= 15 is 0 Å². The van der Waals surface area contributed by atoms with Gasteiger partial charge in [-0.25, -0.2) is 13.1 Å². The van der Waals surface area contributed by atoms with E-state index in [0.29, 0.717) is 4.21 Å². The Morgan fingerprint density at radius 3 is 2.14 bits per heavy atom. The maximum absolute atomic E-state index is 12.8. The molecular weight excluding hydrogens is 370 g/mol. The molecule has 4 fully saturated rings. The summed E-state index contributed by atoms with van der Waals surface area (Å²) in [6.45, 7) is 1.93. The molecule has 0 aliphatic heterocycles. The van der Waals surface area contributed by atoms with Gasteiger partial charge in [0.2, 0.25) is 0 Å². The highest BCUT2D eigenvalue weighted by atomic mass is 79.9. The topological polar surface area (TPSA) is 46.2 Å². The fraction of sp³-hybridized carbons (Fsp3) is 0.733. The maximum Gasteiger partial charge on any atom is 0.250 e. The Balaban J connectivity index is 1.63. The number of nitrogens with one attached hydrogen (secondary N) is 1. The van der Waals surface area contributed by atoms with Gasteiger partial charge in [0.05, 0.1) is 3.79 Å². The summed E-state index contributed by atoms with van der Waals surface area (Å²) in [4.78, 5) is 0. The third kappa shape index (κ3) is 2.52. The molecule has 0 spiro atoms. The van der Waals surface area contributed by atoms with Crippen molar-refractivity contribution in [2.45, 2.75) is 55.2 Å². The quantitative estimate of drug-likeness (QED) is 0.846. The number of hydrogen-bond donors (Lipinski definition) is 1. The number of aryl methyl sites for hydroxylation is 1. The van der Waals surface area contributed by atoms with Gasteiger partial charge in [0.25, 0.3) is 10.0 Å². The van der Waals surface area contributed by atoms with Crippen LogP contribution >= 0.6 is 27.3 Å². The van der Waals surface area contributed by atoms with Crippen molar-refractivity contribution in [3.8, 4) is 0 Å². The molecule has 3 nitrogen and oxygen atoms in total. The average molecular weight is 390 g/mol. The Morgan fingerprint density at radius 1 is 1.19 bits per heavy atom. The highest BCUT2D eigenvalue weighted by Crippen LogP contribution is 2.56. The Labute approximate surface area is 138 Å². The van der Waals surface area contributed by atoms with Crippen LogP contribution in [0.15, 0.2) is 14.1 Å². The average Bonchev–Trinajstić information content (AvgIpc) is 2.67. The van der Waals surface area contributed by atoms with E-state index in [1.165, 1.54) is 30.6 Å². The van der Waals surface area contributed by atoms with Crippen LogP contribution in [-0.2, 0) is 10.0 Å². The fourth-order valence-corrected chi connectivity index (χ4v) is 8.79. The van der Waals surface area contributed by atoms with Crippen molar-refractivity contribution in [3.63, 3.8) is 0 Å². The van der Waals surface area contributed by atoms with Crippen LogP contribution < -0.4 is 4.72 Å². The Bertz CT molecular complexity index is 625. The lowest BCUT2D eigenvalue weighted by molar-refractivity contribution is -0.00807. The van der Waals surface area contributed by atoms with Gasteiger partial charge in [0.1, 0.15) is 4.21 Å². The summed E-state index contributed by atoms with van der Waals surface area (Å²) >= 11 is 4.74. The van der Waals surface area contributed by atoms with Crippen molar-refractivity contribution in [3.05, 3.63) is 15.4 Å². The zero-order chi connectivity index (χ0) is 14.8. The smallest absolute Gasteiger partial charge is 0.206 e. The molecule has 4 aliphatic rings. The molecule has 4 bridgehead atoms. The van der Waals surface area contributed by atoms with Gasteiger partial charge >= 0.3 is 0 Å². The summed E-state index contributed by atoms with van der Waals surface area (Å²) in [5, 5.41) is 0. The zero-order valence-corrected chi connectivity index (χ0v) is 15.3. The van der Waals surface area contributed by atoms with Crippen LogP contribution in [0.25, 0.3) is 0 Å². The minimum absolute atomic E-state index is 0.155. The molecule has 0 amide bonds. The van der Waals surface area contributed by atoms with Crippen LogP contribution in [0.3, 0.4) is 0 Å². The third-order valence-corrected chi connectivity index (χ3v) is 9.68. The van der Waals surface area contributed by atoms with E-state index < -0.39 is 10.0 Å². The van der Waals surface area contributed by atoms with Crippen molar-refractivity contribution in [2.24, 2.45) is 17.8 Å². The molecular formula is C15H20BrNO2S2.